The quantitative estimate of drug-likeness (QED) is 0.135. The number of aromatic nitrogens is 2. The predicted molar refractivity (Wildman–Crippen MR) is 165 cm³/mol. The Kier molecular flexibility index (Phi) is 8.25. The van der Waals surface area contributed by atoms with E-state index in [1.165, 1.54) is 43.8 Å². The molecule has 5 heteroatoms. The van der Waals surface area contributed by atoms with Gasteiger partial charge in [-0.1, -0.05) is 66.6 Å². The molecule has 1 aliphatic rings. The fraction of sp³-hybridized carbons (Fsp3) is 0.176. The van der Waals surface area contributed by atoms with E-state index in [2.05, 4.69) is 85.4 Å². The number of fused-ring (bicyclic) bond motifs is 3. The second kappa shape index (κ2) is 11.7. The van der Waals surface area contributed by atoms with E-state index in [0.717, 1.165) is 28.4 Å². The summed E-state index contributed by atoms with van der Waals surface area (Å²) in [5, 5.41) is 4.24. The van der Waals surface area contributed by atoms with Crippen LogP contribution in [0.25, 0.3) is 42.7 Å². The van der Waals surface area contributed by atoms with E-state index in [4.69, 9.17) is 4.98 Å². The Bertz CT molecular complexity index is 1650. The third kappa shape index (κ3) is 6.13. The van der Waals surface area contributed by atoms with Gasteiger partial charge in [0, 0.05) is 37.2 Å². The van der Waals surface area contributed by atoms with Crippen LogP contribution in [-0.4, -0.2) is 18.0 Å². The Balaban J connectivity index is 0.000000200. The monoisotopic (exact) mass is 719 g/mol. The molecule has 0 bridgehead atoms. The van der Waals surface area contributed by atoms with E-state index < -0.39 is 8.07 Å². The van der Waals surface area contributed by atoms with Crippen LogP contribution < -0.4 is 5.19 Å². The van der Waals surface area contributed by atoms with E-state index in [1.807, 2.05) is 53.8 Å². The average Bonchev–Trinajstić information content (AvgIpc) is 3.74. The van der Waals surface area contributed by atoms with Crippen molar-refractivity contribution in [3.05, 3.63) is 115 Å². The largest absolute Gasteiger partial charge is 0.305 e. The van der Waals surface area contributed by atoms with E-state index in [-0.39, 0.29) is 20.1 Å². The van der Waals surface area contributed by atoms with Crippen molar-refractivity contribution < 1.29 is 20.1 Å². The van der Waals surface area contributed by atoms with Crippen LogP contribution in [0.1, 0.15) is 24.3 Å². The molecule has 1 saturated carbocycles. The molecule has 0 aliphatic heterocycles. The summed E-state index contributed by atoms with van der Waals surface area (Å²) in [5.74, 6) is 0.751. The van der Waals surface area contributed by atoms with Crippen LogP contribution in [0.5, 0.6) is 0 Å². The second-order valence-electron chi connectivity index (χ2n) is 10.9. The molecule has 0 amide bonds. The molecule has 6 aromatic rings. The Hall–Kier alpha value is -2.95. The van der Waals surface area contributed by atoms with Crippen LogP contribution in [0.2, 0.25) is 19.6 Å². The molecule has 7 rings (SSSR count). The molecule has 3 aromatic carbocycles. The minimum absolute atomic E-state index is 0. The van der Waals surface area contributed by atoms with Crippen LogP contribution in [0.3, 0.4) is 0 Å². The molecule has 3 aromatic heterocycles. The first-order chi connectivity index (χ1) is 18.5. The van der Waals surface area contributed by atoms with E-state index >= 15 is 0 Å². The van der Waals surface area contributed by atoms with Crippen molar-refractivity contribution >= 4 is 44.8 Å². The molecule has 0 saturated heterocycles. The molecule has 1 fully saturated rings. The molecule has 0 N–H and O–H groups in total. The van der Waals surface area contributed by atoms with Crippen molar-refractivity contribution in [3.8, 4) is 22.5 Å². The molecule has 1 radical (unpaired) electrons. The summed E-state index contributed by atoms with van der Waals surface area (Å²) < 4.78 is 2.67. The van der Waals surface area contributed by atoms with Gasteiger partial charge in [-0.05, 0) is 57.9 Å². The van der Waals surface area contributed by atoms with Gasteiger partial charge < -0.3 is 9.97 Å². The summed E-state index contributed by atoms with van der Waals surface area (Å²) in [6, 6.07) is 36.0. The zero-order valence-electron chi connectivity index (χ0n) is 22.4. The third-order valence-electron chi connectivity index (χ3n) is 7.04. The maximum absolute atomic E-state index is 4.77. The Morgan fingerprint density at radius 3 is 2.31 bits per heavy atom. The fourth-order valence-electron chi connectivity index (χ4n) is 4.68. The molecular weight excluding hydrogens is 689 g/mol. The molecule has 0 spiro atoms. The Morgan fingerprint density at radius 2 is 1.64 bits per heavy atom. The van der Waals surface area contributed by atoms with Crippen LogP contribution in [0, 0.1) is 12.1 Å². The summed E-state index contributed by atoms with van der Waals surface area (Å²) in [6.45, 7) is 7.23. The molecule has 39 heavy (non-hydrogen) atoms. The van der Waals surface area contributed by atoms with Crippen LogP contribution in [0.4, 0.5) is 0 Å². The number of rotatable bonds is 4. The number of thiophene rings is 1. The topological polar surface area (TPSA) is 25.8 Å². The number of hydrogen-bond donors (Lipinski definition) is 0. The second-order valence-corrected chi connectivity index (χ2v) is 17.0. The Labute approximate surface area is 249 Å². The van der Waals surface area contributed by atoms with Crippen molar-refractivity contribution in [2.75, 3.05) is 0 Å². The molecule has 1 aliphatic carbocycles. The number of hydrogen-bond acceptors (Lipinski definition) is 3. The minimum atomic E-state index is -1.32. The van der Waals surface area contributed by atoms with Crippen LogP contribution >= 0.6 is 11.3 Å². The average molecular weight is 719 g/mol. The normalized spacial score (nSPS) is 13.0. The van der Waals surface area contributed by atoms with Gasteiger partial charge in [-0.15, -0.1) is 59.7 Å². The molecular formula is C34H30IrN2SSi-2. The maximum atomic E-state index is 4.77. The zero-order chi connectivity index (χ0) is 26.1. The van der Waals surface area contributed by atoms with Gasteiger partial charge in [0.1, 0.15) is 0 Å². The van der Waals surface area contributed by atoms with Gasteiger partial charge in [-0.2, -0.15) is 11.3 Å². The Morgan fingerprint density at radius 1 is 0.795 bits per heavy atom. The van der Waals surface area contributed by atoms with E-state index in [9.17, 15) is 0 Å². The summed E-state index contributed by atoms with van der Waals surface area (Å²) in [5.41, 5.74) is 5.57. The third-order valence-corrected chi connectivity index (χ3v) is 10.3. The molecule has 2 nitrogen and oxygen atoms in total. The van der Waals surface area contributed by atoms with Crippen molar-refractivity contribution in [1.29, 1.82) is 0 Å². The first-order valence-corrected chi connectivity index (χ1v) is 17.5. The van der Waals surface area contributed by atoms with E-state index in [0.29, 0.717) is 0 Å². The van der Waals surface area contributed by atoms with E-state index in [1.54, 1.807) is 6.20 Å². The molecule has 197 valence electrons. The summed E-state index contributed by atoms with van der Waals surface area (Å²) >= 11 is 1.87. The van der Waals surface area contributed by atoms with Gasteiger partial charge >= 0.3 is 0 Å². The number of pyridine rings is 2. The SMILES string of the molecule is C[Si](C)(C)c1ccc2sc3c(-c4ccc(C5CC5)cn4)[c-]ccc3c2c1.[Ir].[c-]1ccccc1-c1ccccn1. The van der Waals surface area contributed by atoms with Crippen LogP contribution in [0.15, 0.2) is 97.3 Å². The summed E-state index contributed by atoms with van der Waals surface area (Å²) in [6.07, 6.45) is 6.49. The maximum Gasteiger partial charge on any atom is 0.0776 e. The molecule has 3 heterocycles. The standard InChI is InChI=1S/C23H22NSSi.C11H8N.Ir/c1-26(2,3)17-10-12-22-20(13-17)18-5-4-6-19(23(18)25-22)21-11-9-16(14-24-21)15-7-8-15;1-2-6-10(7-3-1)11-8-4-5-9-12-11;/h4-5,9-15H,7-8H2,1-3H3;1-6,8-9H;/q2*-1;. The van der Waals surface area contributed by atoms with Gasteiger partial charge in [-0.3, -0.25) is 0 Å². The predicted octanol–water partition coefficient (Wildman–Crippen LogP) is 8.89. The van der Waals surface area contributed by atoms with Gasteiger partial charge in [0.15, 0.2) is 0 Å². The molecule has 0 unspecified atom stereocenters. The fourth-order valence-corrected chi connectivity index (χ4v) is 7.03. The van der Waals surface area contributed by atoms with Gasteiger partial charge in [-0.25, -0.2) is 0 Å². The smallest absolute Gasteiger partial charge is 0.0776 e. The van der Waals surface area contributed by atoms with Gasteiger partial charge in [0.2, 0.25) is 0 Å². The van der Waals surface area contributed by atoms with Crippen LogP contribution in [-0.2, 0) is 20.1 Å². The van der Waals surface area contributed by atoms with Crippen molar-refractivity contribution in [1.82, 2.24) is 9.97 Å². The summed E-state index contributed by atoms with van der Waals surface area (Å²) in [4.78, 5) is 8.99. The van der Waals surface area contributed by atoms with Gasteiger partial charge in [0.25, 0.3) is 0 Å². The number of benzene rings is 3. The zero-order valence-corrected chi connectivity index (χ0v) is 26.6. The van der Waals surface area contributed by atoms with Crippen molar-refractivity contribution in [3.63, 3.8) is 0 Å². The van der Waals surface area contributed by atoms with Gasteiger partial charge in [0.05, 0.1) is 8.07 Å². The van der Waals surface area contributed by atoms with Crippen molar-refractivity contribution in [2.24, 2.45) is 0 Å². The first-order valence-electron chi connectivity index (χ1n) is 13.2. The summed E-state index contributed by atoms with van der Waals surface area (Å²) in [7, 11) is -1.32. The van der Waals surface area contributed by atoms with Crippen molar-refractivity contribution in [2.45, 2.75) is 38.4 Å². The first kappa shape index (κ1) is 27.6. The number of nitrogens with zero attached hydrogens (tertiary/aromatic N) is 2. The minimum Gasteiger partial charge on any atom is -0.305 e. The molecule has 0 atom stereocenters.